The number of aromatic nitrogens is 2. The maximum Gasteiger partial charge on any atom is 0.131 e. The molecule has 0 fully saturated rings. The lowest BCUT2D eigenvalue weighted by atomic mass is 9.76. The van der Waals surface area contributed by atoms with Crippen LogP contribution >= 0.6 is 0 Å². The van der Waals surface area contributed by atoms with Gasteiger partial charge in [-0.1, -0.05) is 54.6 Å². The van der Waals surface area contributed by atoms with Crippen LogP contribution in [0.3, 0.4) is 0 Å². The molecule has 4 aromatic rings. The van der Waals surface area contributed by atoms with Crippen molar-refractivity contribution >= 4 is 16.6 Å². The van der Waals surface area contributed by atoms with E-state index in [2.05, 4.69) is 53.5 Å². The quantitative estimate of drug-likeness (QED) is 0.558. The minimum atomic E-state index is 0.233. The molecule has 0 bridgehead atoms. The molecule has 0 radical (unpaired) electrons. The number of hydrogen-bond donors (Lipinski definition) is 1. The Bertz CT molecular complexity index is 1090. The Morgan fingerprint density at radius 2 is 1.68 bits per heavy atom. The minimum absolute atomic E-state index is 0.233. The molecule has 25 heavy (non-hydrogen) atoms. The number of fused-ring (bicyclic) bond motifs is 5. The van der Waals surface area contributed by atoms with Crippen LogP contribution in [0.2, 0.25) is 0 Å². The lowest BCUT2D eigenvalue weighted by Gasteiger charge is -2.29. The largest absolute Gasteiger partial charge is 0.383 e. The van der Waals surface area contributed by atoms with Crippen molar-refractivity contribution in [2.24, 2.45) is 0 Å². The van der Waals surface area contributed by atoms with Crippen LogP contribution in [0, 0.1) is 0 Å². The monoisotopic (exact) mass is 323 g/mol. The number of hydrogen-bond acceptors (Lipinski definition) is 3. The van der Waals surface area contributed by atoms with Gasteiger partial charge in [-0.2, -0.15) is 0 Å². The van der Waals surface area contributed by atoms with Gasteiger partial charge in [-0.25, -0.2) is 4.98 Å². The Balaban J connectivity index is 1.89. The summed E-state index contributed by atoms with van der Waals surface area (Å²) >= 11 is 0. The summed E-state index contributed by atoms with van der Waals surface area (Å²) in [6.45, 7) is 0. The van der Waals surface area contributed by atoms with Crippen molar-refractivity contribution in [1.82, 2.24) is 9.97 Å². The average Bonchev–Trinajstić information content (AvgIpc) is 2.68. The standard InChI is InChI=1S/C22H17N3/c23-22-18-10-4-3-9-17(18)20-19(15-7-5-11-24-13-15)12-14-6-1-2-8-16(14)21(20)25-22/h1-11,13,19H,12H2,(H2,23,25). The molecule has 2 N–H and O–H groups in total. The zero-order valence-electron chi connectivity index (χ0n) is 13.7. The molecule has 1 aliphatic rings. The molecule has 0 saturated carbocycles. The van der Waals surface area contributed by atoms with Gasteiger partial charge in [0.2, 0.25) is 0 Å². The molecule has 1 aliphatic carbocycles. The van der Waals surface area contributed by atoms with Gasteiger partial charge in [0.05, 0.1) is 5.69 Å². The van der Waals surface area contributed by atoms with Crippen molar-refractivity contribution in [2.75, 3.05) is 5.73 Å². The third-order valence-electron chi connectivity index (χ3n) is 5.11. The number of anilines is 1. The molecular formula is C22H17N3. The van der Waals surface area contributed by atoms with E-state index in [1.807, 2.05) is 24.5 Å². The van der Waals surface area contributed by atoms with E-state index in [0.29, 0.717) is 5.82 Å². The van der Waals surface area contributed by atoms with E-state index < -0.39 is 0 Å². The molecule has 3 heteroatoms. The Hall–Kier alpha value is -3.20. The fourth-order valence-electron chi connectivity index (χ4n) is 3.99. The number of nitrogens with two attached hydrogens (primary N) is 1. The van der Waals surface area contributed by atoms with Gasteiger partial charge in [-0.05, 0) is 34.6 Å². The van der Waals surface area contributed by atoms with Gasteiger partial charge in [-0.15, -0.1) is 0 Å². The molecule has 2 aromatic carbocycles. The summed E-state index contributed by atoms with van der Waals surface area (Å²) in [5.41, 5.74) is 12.3. The molecule has 5 rings (SSSR count). The highest BCUT2D eigenvalue weighted by atomic mass is 14.9. The second-order valence-corrected chi connectivity index (χ2v) is 6.51. The number of rotatable bonds is 1. The second kappa shape index (κ2) is 5.42. The predicted molar refractivity (Wildman–Crippen MR) is 101 cm³/mol. The highest BCUT2D eigenvalue weighted by Gasteiger charge is 2.29. The third kappa shape index (κ3) is 2.13. The normalized spacial score (nSPS) is 15.6. The van der Waals surface area contributed by atoms with Crippen LogP contribution in [0.1, 0.15) is 22.6 Å². The van der Waals surface area contributed by atoms with Gasteiger partial charge in [0, 0.05) is 29.3 Å². The maximum atomic E-state index is 6.30. The number of nitrogen functional groups attached to an aromatic ring is 1. The highest BCUT2D eigenvalue weighted by molar-refractivity contribution is 5.98. The van der Waals surface area contributed by atoms with Gasteiger partial charge >= 0.3 is 0 Å². The van der Waals surface area contributed by atoms with E-state index in [-0.39, 0.29) is 5.92 Å². The summed E-state index contributed by atoms with van der Waals surface area (Å²) < 4.78 is 0. The summed E-state index contributed by atoms with van der Waals surface area (Å²) in [4.78, 5) is 9.16. The van der Waals surface area contributed by atoms with Crippen LogP contribution in [0.15, 0.2) is 73.1 Å². The first-order chi connectivity index (χ1) is 12.3. The molecular weight excluding hydrogens is 306 g/mol. The summed E-state index contributed by atoms with van der Waals surface area (Å²) in [6, 6.07) is 21.0. The summed E-state index contributed by atoms with van der Waals surface area (Å²) in [5.74, 6) is 0.826. The van der Waals surface area contributed by atoms with E-state index in [1.165, 1.54) is 27.6 Å². The van der Waals surface area contributed by atoms with Crippen molar-refractivity contribution in [1.29, 1.82) is 0 Å². The Kier molecular flexibility index (Phi) is 3.07. The van der Waals surface area contributed by atoms with Crippen LogP contribution < -0.4 is 5.73 Å². The minimum Gasteiger partial charge on any atom is -0.383 e. The molecule has 0 amide bonds. The van der Waals surface area contributed by atoms with E-state index in [0.717, 1.165) is 17.5 Å². The summed E-state index contributed by atoms with van der Waals surface area (Å²) in [7, 11) is 0. The average molecular weight is 323 g/mol. The second-order valence-electron chi connectivity index (χ2n) is 6.51. The van der Waals surface area contributed by atoms with Gasteiger partial charge < -0.3 is 5.73 Å². The van der Waals surface area contributed by atoms with Gasteiger partial charge in [-0.3, -0.25) is 4.98 Å². The predicted octanol–water partition coefficient (Wildman–Crippen LogP) is 4.57. The van der Waals surface area contributed by atoms with Crippen molar-refractivity contribution in [3.05, 3.63) is 89.7 Å². The fourth-order valence-corrected chi connectivity index (χ4v) is 3.99. The first kappa shape index (κ1) is 14.2. The van der Waals surface area contributed by atoms with Crippen LogP contribution in [-0.2, 0) is 6.42 Å². The molecule has 1 unspecified atom stereocenters. The highest BCUT2D eigenvalue weighted by Crippen LogP contribution is 2.45. The lowest BCUT2D eigenvalue weighted by Crippen LogP contribution is -2.15. The maximum absolute atomic E-state index is 6.30. The first-order valence-corrected chi connectivity index (χ1v) is 8.49. The van der Waals surface area contributed by atoms with Crippen molar-refractivity contribution in [2.45, 2.75) is 12.3 Å². The van der Waals surface area contributed by atoms with Crippen LogP contribution in [0.25, 0.3) is 22.0 Å². The van der Waals surface area contributed by atoms with E-state index in [9.17, 15) is 0 Å². The molecule has 1 atom stereocenters. The molecule has 0 aliphatic heterocycles. The number of pyridine rings is 2. The van der Waals surface area contributed by atoms with Crippen LogP contribution in [0.4, 0.5) is 5.82 Å². The van der Waals surface area contributed by atoms with Crippen molar-refractivity contribution in [3.63, 3.8) is 0 Å². The van der Waals surface area contributed by atoms with Gasteiger partial charge in [0.15, 0.2) is 0 Å². The van der Waals surface area contributed by atoms with E-state index >= 15 is 0 Å². The Morgan fingerprint density at radius 3 is 2.52 bits per heavy atom. The Labute approximate surface area is 146 Å². The van der Waals surface area contributed by atoms with Crippen LogP contribution in [0.5, 0.6) is 0 Å². The number of benzene rings is 2. The molecule has 2 heterocycles. The summed E-state index contributed by atoms with van der Waals surface area (Å²) in [5, 5.41) is 2.21. The van der Waals surface area contributed by atoms with E-state index in [1.54, 1.807) is 0 Å². The molecule has 3 nitrogen and oxygen atoms in total. The zero-order chi connectivity index (χ0) is 16.8. The SMILES string of the molecule is Nc1nc2c(c3ccccc13)C(c1cccnc1)Cc1ccccc1-2. The Morgan fingerprint density at radius 1 is 0.880 bits per heavy atom. The lowest BCUT2D eigenvalue weighted by molar-refractivity contribution is 0.790. The molecule has 120 valence electrons. The molecule has 0 saturated heterocycles. The smallest absolute Gasteiger partial charge is 0.131 e. The summed E-state index contributed by atoms with van der Waals surface area (Å²) in [6.07, 6.45) is 4.73. The number of nitrogens with zero attached hydrogens (tertiary/aromatic N) is 2. The topological polar surface area (TPSA) is 51.8 Å². The fraction of sp³-hybridized carbons (Fsp3) is 0.0909. The van der Waals surface area contributed by atoms with E-state index in [4.69, 9.17) is 10.7 Å². The first-order valence-electron chi connectivity index (χ1n) is 8.49. The zero-order valence-corrected chi connectivity index (χ0v) is 13.7. The van der Waals surface area contributed by atoms with Crippen LogP contribution in [-0.4, -0.2) is 9.97 Å². The molecule has 0 spiro atoms. The van der Waals surface area contributed by atoms with Crippen molar-refractivity contribution in [3.8, 4) is 11.3 Å². The third-order valence-corrected chi connectivity index (χ3v) is 5.11. The molecule has 2 aromatic heterocycles. The van der Waals surface area contributed by atoms with Gasteiger partial charge in [0.1, 0.15) is 5.82 Å². The van der Waals surface area contributed by atoms with Gasteiger partial charge in [0.25, 0.3) is 0 Å². The van der Waals surface area contributed by atoms with Crippen molar-refractivity contribution < 1.29 is 0 Å².